The highest BCUT2D eigenvalue weighted by molar-refractivity contribution is 6.51. The highest BCUT2D eigenvalue weighted by atomic mass is 19.4. The summed E-state index contributed by atoms with van der Waals surface area (Å²) in [5, 5.41) is 0. The lowest BCUT2D eigenvalue weighted by atomic mass is 9.73. The van der Waals surface area contributed by atoms with E-state index in [4.69, 9.17) is 0 Å². The van der Waals surface area contributed by atoms with Gasteiger partial charge in [-0.2, -0.15) is 13.2 Å². The monoisotopic (exact) mass is 172 g/mol. The average Bonchev–Trinajstić information content (AvgIpc) is 2.03. The molecule has 1 aromatic rings. The van der Waals surface area contributed by atoms with Crippen molar-refractivity contribution in [2.45, 2.75) is 13.0 Å². The standard InChI is InChI=1S/C8H8BF3/c1-9-7-4-2-3-6(5-7)8(10,11)12/h2-5,9H,1H3. The molecule has 4 heteroatoms. The van der Waals surface area contributed by atoms with Crippen molar-refractivity contribution in [3.05, 3.63) is 29.8 Å². The summed E-state index contributed by atoms with van der Waals surface area (Å²) in [5.74, 6) is 0. The van der Waals surface area contributed by atoms with Crippen LogP contribution in [0.25, 0.3) is 0 Å². The largest absolute Gasteiger partial charge is 0.416 e. The first-order valence-electron chi connectivity index (χ1n) is 3.70. The molecule has 0 saturated heterocycles. The fraction of sp³-hybridized carbons (Fsp3) is 0.250. The molecule has 0 atom stereocenters. The molecule has 0 amide bonds. The Kier molecular flexibility index (Phi) is 2.45. The Morgan fingerprint density at radius 1 is 1.25 bits per heavy atom. The Morgan fingerprint density at radius 3 is 2.42 bits per heavy atom. The summed E-state index contributed by atoms with van der Waals surface area (Å²) >= 11 is 0. The van der Waals surface area contributed by atoms with E-state index in [9.17, 15) is 13.2 Å². The van der Waals surface area contributed by atoms with Crippen LogP contribution in [-0.2, 0) is 6.18 Å². The van der Waals surface area contributed by atoms with Crippen LogP contribution in [0.4, 0.5) is 13.2 Å². The number of halogens is 3. The van der Waals surface area contributed by atoms with Crippen LogP contribution in [0.15, 0.2) is 24.3 Å². The van der Waals surface area contributed by atoms with Crippen molar-refractivity contribution >= 4 is 12.7 Å². The highest BCUT2D eigenvalue weighted by Gasteiger charge is 2.29. The summed E-state index contributed by atoms with van der Waals surface area (Å²) in [6, 6.07) is 5.38. The van der Waals surface area contributed by atoms with Crippen LogP contribution in [0.5, 0.6) is 0 Å². The molecule has 0 unspecified atom stereocenters. The minimum atomic E-state index is -4.22. The molecule has 0 saturated carbocycles. The highest BCUT2D eigenvalue weighted by Crippen LogP contribution is 2.27. The molecule has 0 N–H and O–H groups in total. The van der Waals surface area contributed by atoms with Crippen molar-refractivity contribution in [2.75, 3.05) is 0 Å². The molecule has 0 nitrogen and oxygen atoms in total. The second-order valence-corrected chi connectivity index (χ2v) is 2.55. The van der Waals surface area contributed by atoms with E-state index in [1.807, 2.05) is 6.82 Å². The normalized spacial score (nSPS) is 11.3. The van der Waals surface area contributed by atoms with Crippen LogP contribution < -0.4 is 5.46 Å². The van der Waals surface area contributed by atoms with Crippen LogP contribution >= 0.6 is 0 Å². The third kappa shape index (κ3) is 2.03. The van der Waals surface area contributed by atoms with E-state index >= 15 is 0 Å². The predicted molar refractivity (Wildman–Crippen MR) is 44.1 cm³/mol. The number of hydrogen-bond donors (Lipinski definition) is 0. The summed E-state index contributed by atoms with van der Waals surface area (Å²) in [6.07, 6.45) is -4.22. The first kappa shape index (κ1) is 9.17. The molecule has 0 fully saturated rings. The van der Waals surface area contributed by atoms with Crippen molar-refractivity contribution in [1.82, 2.24) is 0 Å². The fourth-order valence-electron chi connectivity index (χ4n) is 0.968. The van der Waals surface area contributed by atoms with Gasteiger partial charge in [-0.15, -0.1) is 0 Å². The van der Waals surface area contributed by atoms with Gasteiger partial charge in [0.2, 0.25) is 0 Å². The number of rotatable bonds is 1. The smallest absolute Gasteiger partial charge is 0.166 e. The minimum Gasteiger partial charge on any atom is -0.166 e. The number of alkyl halides is 3. The molecule has 0 aliphatic rings. The first-order valence-corrected chi connectivity index (χ1v) is 3.70. The van der Waals surface area contributed by atoms with Gasteiger partial charge in [-0.1, -0.05) is 36.6 Å². The molecule has 12 heavy (non-hydrogen) atoms. The molecule has 64 valence electrons. The quantitative estimate of drug-likeness (QED) is 0.566. The minimum absolute atomic E-state index is 0.568. The van der Waals surface area contributed by atoms with Gasteiger partial charge in [-0.05, 0) is 0 Å². The van der Waals surface area contributed by atoms with E-state index < -0.39 is 11.7 Å². The maximum absolute atomic E-state index is 12.1. The molecule has 1 aromatic carbocycles. The van der Waals surface area contributed by atoms with E-state index in [2.05, 4.69) is 0 Å². The van der Waals surface area contributed by atoms with Crippen LogP contribution in [-0.4, -0.2) is 7.28 Å². The maximum atomic E-state index is 12.1. The second-order valence-electron chi connectivity index (χ2n) is 2.55. The van der Waals surface area contributed by atoms with Gasteiger partial charge >= 0.3 is 6.18 Å². The molecule has 0 spiro atoms. The fourth-order valence-corrected chi connectivity index (χ4v) is 0.968. The molecular formula is C8H8BF3. The zero-order valence-corrected chi connectivity index (χ0v) is 6.65. The third-order valence-corrected chi connectivity index (χ3v) is 1.66. The molecule has 0 aliphatic heterocycles. The molecule has 0 heterocycles. The summed E-state index contributed by atoms with van der Waals surface area (Å²) in [6.45, 7) is 1.83. The average molecular weight is 172 g/mol. The van der Waals surface area contributed by atoms with Crippen molar-refractivity contribution in [1.29, 1.82) is 0 Å². The van der Waals surface area contributed by atoms with Crippen molar-refractivity contribution in [3.63, 3.8) is 0 Å². The SMILES string of the molecule is CBc1cccc(C(F)(F)F)c1. The zero-order chi connectivity index (χ0) is 9.19. The summed E-state index contributed by atoms with van der Waals surface area (Å²) in [5.41, 5.74) is 0.145. The van der Waals surface area contributed by atoms with Crippen LogP contribution in [0.3, 0.4) is 0 Å². The topological polar surface area (TPSA) is 0 Å². The Bertz CT molecular complexity index is 267. The van der Waals surface area contributed by atoms with E-state index in [0.717, 1.165) is 6.07 Å². The van der Waals surface area contributed by atoms with Gasteiger partial charge in [0.1, 0.15) is 0 Å². The summed E-state index contributed by atoms with van der Waals surface area (Å²) < 4.78 is 36.3. The predicted octanol–water partition coefficient (Wildman–Crippen LogP) is 1.82. The van der Waals surface area contributed by atoms with Gasteiger partial charge in [-0.25, -0.2) is 0 Å². The molecular weight excluding hydrogens is 164 g/mol. The Balaban J connectivity index is 3.02. The lowest BCUT2D eigenvalue weighted by Gasteiger charge is -2.06. The van der Waals surface area contributed by atoms with E-state index in [0.29, 0.717) is 12.7 Å². The van der Waals surface area contributed by atoms with Crippen molar-refractivity contribution in [3.8, 4) is 0 Å². The summed E-state index contributed by atoms with van der Waals surface area (Å²) in [7, 11) is 0.629. The second kappa shape index (κ2) is 3.21. The zero-order valence-electron chi connectivity index (χ0n) is 6.65. The van der Waals surface area contributed by atoms with Crippen molar-refractivity contribution < 1.29 is 13.2 Å². The van der Waals surface area contributed by atoms with Gasteiger partial charge in [0.05, 0.1) is 5.56 Å². The number of benzene rings is 1. The van der Waals surface area contributed by atoms with E-state index in [1.54, 1.807) is 6.07 Å². The van der Waals surface area contributed by atoms with Gasteiger partial charge in [0, 0.05) is 0 Å². The van der Waals surface area contributed by atoms with Crippen LogP contribution in [0.2, 0.25) is 6.82 Å². The molecule has 0 radical (unpaired) electrons. The van der Waals surface area contributed by atoms with E-state index in [-0.39, 0.29) is 0 Å². The third-order valence-electron chi connectivity index (χ3n) is 1.66. The molecule has 0 aromatic heterocycles. The lowest BCUT2D eigenvalue weighted by molar-refractivity contribution is -0.137. The number of hydrogen-bond acceptors (Lipinski definition) is 0. The van der Waals surface area contributed by atoms with Crippen molar-refractivity contribution in [2.24, 2.45) is 0 Å². The first-order chi connectivity index (χ1) is 5.54. The van der Waals surface area contributed by atoms with Gasteiger partial charge in [-0.3, -0.25) is 0 Å². The Hall–Kier alpha value is -0.925. The Morgan fingerprint density at radius 2 is 1.92 bits per heavy atom. The molecule has 1 rings (SSSR count). The van der Waals surface area contributed by atoms with Gasteiger partial charge < -0.3 is 0 Å². The van der Waals surface area contributed by atoms with Gasteiger partial charge in [0.15, 0.2) is 7.28 Å². The molecule has 0 aliphatic carbocycles. The Labute approximate surface area is 69.6 Å². The van der Waals surface area contributed by atoms with Crippen LogP contribution in [0, 0.1) is 0 Å². The van der Waals surface area contributed by atoms with E-state index in [1.165, 1.54) is 12.1 Å². The lowest BCUT2D eigenvalue weighted by Crippen LogP contribution is -2.14. The van der Waals surface area contributed by atoms with Crippen LogP contribution in [0.1, 0.15) is 5.56 Å². The van der Waals surface area contributed by atoms with Gasteiger partial charge in [0.25, 0.3) is 0 Å². The summed E-state index contributed by atoms with van der Waals surface area (Å²) in [4.78, 5) is 0. The molecule has 0 bridgehead atoms. The maximum Gasteiger partial charge on any atom is 0.416 e.